The van der Waals surface area contributed by atoms with Crippen LogP contribution in [0.3, 0.4) is 0 Å². The molecule has 126 valence electrons. The summed E-state index contributed by atoms with van der Waals surface area (Å²) >= 11 is 0. The van der Waals surface area contributed by atoms with E-state index in [1.165, 1.54) is 6.42 Å². The zero-order valence-electron chi connectivity index (χ0n) is 14.0. The number of rotatable bonds is 4. The molecule has 0 radical (unpaired) electrons. The van der Waals surface area contributed by atoms with Crippen LogP contribution in [0, 0.1) is 6.92 Å². The van der Waals surface area contributed by atoms with Crippen LogP contribution in [-0.4, -0.2) is 16.0 Å². The molecule has 4 rings (SSSR count). The van der Waals surface area contributed by atoms with E-state index in [1.807, 2.05) is 43.3 Å². The van der Waals surface area contributed by atoms with Crippen molar-refractivity contribution in [1.82, 2.24) is 10.1 Å². The van der Waals surface area contributed by atoms with Crippen molar-refractivity contribution in [2.24, 2.45) is 0 Å². The molecular weight excluding hydrogens is 314 g/mol. The number of amides is 1. The first-order chi connectivity index (χ1) is 12.2. The summed E-state index contributed by atoms with van der Waals surface area (Å²) in [5, 5.41) is 6.97. The third-order valence-electron chi connectivity index (χ3n) is 4.59. The lowest BCUT2D eigenvalue weighted by Crippen LogP contribution is -2.11. The SMILES string of the molecule is Cc1ccc(NC(=O)c2cccc(-c3noc(C4CCC4)n3)c2)cc1. The highest BCUT2D eigenvalue weighted by Crippen LogP contribution is 2.36. The van der Waals surface area contributed by atoms with E-state index in [1.54, 1.807) is 12.1 Å². The van der Waals surface area contributed by atoms with Gasteiger partial charge in [-0.1, -0.05) is 41.4 Å². The summed E-state index contributed by atoms with van der Waals surface area (Å²) in [6.07, 6.45) is 3.44. The zero-order valence-corrected chi connectivity index (χ0v) is 14.0. The predicted octanol–water partition coefficient (Wildman–Crippen LogP) is 4.56. The second-order valence-corrected chi connectivity index (χ2v) is 6.49. The third-order valence-corrected chi connectivity index (χ3v) is 4.59. The van der Waals surface area contributed by atoms with E-state index in [0.717, 1.165) is 29.7 Å². The first kappa shape index (κ1) is 15.6. The fraction of sp³-hybridized carbons (Fsp3) is 0.250. The van der Waals surface area contributed by atoms with E-state index in [-0.39, 0.29) is 5.91 Å². The molecule has 0 aliphatic heterocycles. The number of nitrogens with one attached hydrogen (secondary N) is 1. The van der Waals surface area contributed by atoms with Gasteiger partial charge in [0.15, 0.2) is 0 Å². The minimum atomic E-state index is -0.159. The molecule has 2 aromatic carbocycles. The summed E-state index contributed by atoms with van der Waals surface area (Å²) in [5.74, 6) is 1.48. The average molecular weight is 333 g/mol. The fourth-order valence-electron chi connectivity index (χ4n) is 2.81. The summed E-state index contributed by atoms with van der Waals surface area (Å²) in [6.45, 7) is 2.01. The smallest absolute Gasteiger partial charge is 0.255 e. The van der Waals surface area contributed by atoms with Crippen molar-refractivity contribution in [2.75, 3.05) is 5.32 Å². The van der Waals surface area contributed by atoms with Crippen molar-refractivity contribution in [1.29, 1.82) is 0 Å². The summed E-state index contributed by atoms with van der Waals surface area (Å²) < 4.78 is 5.37. The quantitative estimate of drug-likeness (QED) is 0.759. The molecule has 0 unspecified atom stereocenters. The van der Waals surface area contributed by atoms with Crippen molar-refractivity contribution < 1.29 is 9.32 Å². The van der Waals surface area contributed by atoms with Crippen molar-refractivity contribution in [2.45, 2.75) is 32.1 Å². The molecule has 1 saturated carbocycles. The maximum absolute atomic E-state index is 12.5. The van der Waals surface area contributed by atoms with Crippen molar-refractivity contribution in [3.05, 3.63) is 65.5 Å². The lowest BCUT2D eigenvalue weighted by atomic mass is 9.85. The number of hydrogen-bond acceptors (Lipinski definition) is 4. The molecule has 0 saturated heterocycles. The molecule has 1 N–H and O–H groups in total. The lowest BCUT2D eigenvalue weighted by molar-refractivity contribution is 0.102. The molecule has 5 nitrogen and oxygen atoms in total. The Morgan fingerprint density at radius 2 is 1.96 bits per heavy atom. The maximum Gasteiger partial charge on any atom is 0.255 e. The van der Waals surface area contributed by atoms with Gasteiger partial charge in [-0.15, -0.1) is 0 Å². The Morgan fingerprint density at radius 1 is 1.16 bits per heavy atom. The van der Waals surface area contributed by atoms with Gasteiger partial charge in [0.1, 0.15) is 0 Å². The van der Waals surface area contributed by atoms with E-state index < -0.39 is 0 Å². The second kappa shape index (κ2) is 6.51. The molecule has 1 aliphatic carbocycles. The average Bonchev–Trinajstić information content (AvgIpc) is 3.05. The Labute approximate surface area is 146 Å². The van der Waals surface area contributed by atoms with Crippen LogP contribution in [0.25, 0.3) is 11.4 Å². The molecule has 25 heavy (non-hydrogen) atoms. The minimum Gasteiger partial charge on any atom is -0.339 e. The highest BCUT2D eigenvalue weighted by atomic mass is 16.5. The zero-order chi connectivity index (χ0) is 17.2. The molecular formula is C20H19N3O2. The Morgan fingerprint density at radius 3 is 2.68 bits per heavy atom. The van der Waals surface area contributed by atoms with E-state index in [9.17, 15) is 4.79 Å². The minimum absolute atomic E-state index is 0.159. The van der Waals surface area contributed by atoms with Crippen LogP contribution in [0.1, 0.15) is 47.0 Å². The number of anilines is 1. The molecule has 1 fully saturated rings. The standard InChI is InChI=1S/C20H19N3O2/c1-13-8-10-17(11-9-13)21-19(24)16-7-3-6-15(12-16)18-22-20(25-23-18)14-4-2-5-14/h3,6-12,14H,2,4-5H2,1H3,(H,21,24). The van der Waals surface area contributed by atoms with E-state index in [0.29, 0.717) is 23.2 Å². The number of benzene rings is 2. The third kappa shape index (κ3) is 3.31. The Hall–Kier alpha value is -2.95. The molecule has 0 bridgehead atoms. The van der Waals surface area contributed by atoms with Gasteiger partial charge in [0.05, 0.1) is 0 Å². The molecule has 1 aromatic heterocycles. The Bertz CT molecular complexity index is 895. The fourth-order valence-corrected chi connectivity index (χ4v) is 2.81. The lowest BCUT2D eigenvalue weighted by Gasteiger charge is -2.20. The maximum atomic E-state index is 12.5. The highest BCUT2D eigenvalue weighted by molar-refractivity contribution is 6.04. The predicted molar refractivity (Wildman–Crippen MR) is 95.5 cm³/mol. The number of aromatic nitrogens is 2. The van der Waals surface area contributed by atoms with Gasteiger partial charge in [0.25, 0.3) is 5.91 Å². The highest BCUT2D eigenvalue weighted by Gasteiger charge is 2.25. The molecule has 0 atom stereocenters. The molecule has 5 heteroatoms. The van der Waals surface area contributed by atoms with E-state index in [2.05, 4.69) is 15.5 Å². The van der Waals surface area contributed by atoms with Gasteiger partial charge in [0.2, 0.25) is 11.7 Å². The van der Waals surface area contributed by atoms with Crippen molar-refractivity contribution >= 4 is 11.6 Å². The summed E-state index contributed by atoms with van der Waals surface area (Å²) in [5.41, 5.74) is 3.27. The monoisotopic (exact) mass is 333 g/mol. The van der Waals surface area contributed by atoms with Gasteiger partial charge in [-0.2, -0.15) is 4.98 Å². The first-order valence-corrected chi connectivity index (χ1v) is 8.51. The summed E-state index contributed by atoms with van der Waals surface area (Å²) in [6, 6.07) is 15.0. The first-order valence-electron chi connectivity index (χ1n) is 8.51. The van der Waals surface area contributed by atoms with E-state index >= 15 is 0 Å². The van der Waals surface area contributed by atoms with Crippen LogP contribution in [-0.2, 0) is 0 Å². The van der Waals surface area contributed by atoms with Crippen LogP contribution in [0.4, 0.5) is 5.69 Å². The number of aryl methyl sites for hydroxylation is 1. The number of hydrogen-bond donors (Lipinski definition) is 1. The van der Waals surface area contributed by atoms with Crippen LogP contribution in [0.2, 0.25) is 0 Å². The molecule has 0 spiro atoms. The van der Waals surface area contributed by atoms with Crippen LogP contribution >= 0.6 is 0 Å². The number of carbonyl (C=O) groups excluding carboxylic acids is 1. The van der Waals surface area contributed by atoms with Gasteiger partial charge >= 0.3 is 0 Å². The molecule has 1 amide bonds. The summed E-state index contributed by atoms with van der Waals surface area (Å²) in [7, 11) is 0. The van der Waals surface area contributed by atoms with Gasteiger partial charge in [-0.05, 0) is 44.0 Å². The normalized spacial score (nSPS) is 14.1. The number of nitrogens with zero attached hydrogens (tertiary/aromatic N) is 2. The van der Waals surface area contributed by atoms with E-state index in [4.69, 9.17) is 4.52 Å². The Kier molecular flexibility index (Phi) is 4.06. The second-order valence-electron chi connectivity index (χ2n) is 6.49. The van der Waals surface area contributed by atoms with Gasteiger partial charge < -0.3 is 9.84 Å². The number of carbonyl (C=O) groups is 1. The molecule has 1 heterocycles. The largest absolute Gasteiger partial charge is 0.339 e. The Balaban J connectivity index is 1.53. The van der Waals surface area contributed by atoms with Crippen LogP contribution < -0.4 is 5.32 Å². The van der Waals surface area contributed by atoms with Gasteiger partial charge in [-0.3, -0.25) is 4.79 Å². The van der Waals surface area contributed by atoms with Gasteiger partial charge in [-0.25, -0.2) is 0 Å². The van der Waals surface area contributed by atoms with Crippen LogP contribution in [0.5, 0.6) is 0 Å². The summed E-state index contributed by atoms with van der Waals surface area (Å²) in [4.78, 5) is 17.0. The van der Waals surface area contributed by atoms with Crippen molar-refractivity contribution in [3.63, 3.8) is 0 Å². The topological polar surface area (TPSA) is 68.0 Å². The molecule has 1 aliphatic rings. The van der Waals surface area contributed by atoms with Crippen molar-refractivity contribution in [3.8, 4) is 11.4 Å². The van der Waals surface area contributed by atoms with Crippen LogP contribution in [0.15, 0.2) is 53.1 Å². The molecule has 3 aromatic rings. The van der Waals surface area contributed by atoms with Gasteiger partial charge in [0, 0.05) is 22.7 Å².